The quantitative estimate of drug-likeness (QED) is 0.825. The average Bonchev–Trinajstić information content (AvgIpc) is 2.74. The number of hydrogen-bond acceptors (Lipinski definition) is 4. The van der Waals surface area contributed by atoms with Crippen LogP contribution in [0.2, 0.25) is 0 Å². The third-order valence-corrected chi connectivity index (χ3v) is 3.27. The van der Waals surface area contributed by atoms with Crippen molar-refractivity contribution < 1.29 is 4.74 Å². The molecular formula is C12H22N4O. The molecule has 5 heteroatoms. The van der Waals surface area contributed by atoms with Crippen molar-refractivity contribution in [2.45, 2.75) is 19.4 Å². The topological polar surface area (TPSA) is 56.3 Å². The van der Waals surface area contributed by atoms with Crippen LogP contribution in [-0.2, 0) is 11.3 Å². The molecule has 1 aliphatic heterocycles. The summed E-state index contributed by atoms with van der Waals surface area (Å²) >= 11 is 0. The number of hydrogen-bond donors (Lipinski definition) is 1. The number of nitrogen functional groups attached to an aromatic ring is 1. The molecule has 1 aliphatic rings. The summed E-state index contributed by atoms with van der Waals surface area (Å²) in [5.41, 5.74) is 6.36. The Kier molecular flexibility index (Phi) is 4.39. The monoisotopic (exact) mass is 238 g/mol. The van der Waals surface area contributed by atoms with Gasteiger partial charge < -0.3 is 15.4 Å². The van der Waals surface area contributed by atoms with Crippen LogP contribution in [0.3, 0.4) is 0 Å². The summed E-state index contributed by atoms with van der Waals surface area (Å²) in [5.74, 6) is 0.788. The van der Waals surface area contributed by atoms with E-state index in [9.17, 15) is 0 Å². The van der Waals surface area contributed by atoms with Crippen molar-refractivity contribution in [3.8, 4) is 0 Å². The van der Waals surface area contributed by atoms with Gasteiger partial charge in [0.2, 0.25) is 0 Å². The molecule has 1 aromatic rings. The van der Waals surface area contributed by atoms with E-state index in [1.807, 2.05) is 10.9 Å². The number of anilines is 1. The van der Waals surface area contributed by atoms with Crippen LogP contribution in [0.1, 0.15) is 12.8 Å². The molecule has 17 heavy (non-hydrogen) atoms. The molecule has 0 atom stereocenters. The Labute approximate surface area is 103 Å². The lowest BCUT2D eigenvalue weighted by Crippen LogP contribution is -2.31. The molecule has 1 aromatic heterocycles. The highest BCUT2D eigenvalue weighted by Gasteiger charge is 2.15. The van der Waals surface area contributed by atoms with Gasteiger partial charge in [-0.1, -0.05) is 0 Å². The SMILES string of the molecule is CN(CCn1cc(N)cn1)CC1CCOCC1. The van der Waals surface area contributed by atoms with E-state index in [1.165, 1.54) is 12.8 Å². The number of aromatic nitrogens is 2. The van der Waals surface area contributed by atoms with Gasteiger partial charge in [-0.15, -0.1) is 0 Å². The number of likely N-dealkylation sites (N-methyl/N-ethyl adjacent to an activating group) is 1. The van der Waals surface area contributed by atoms with Gasteiger partial charge in [0, 0.05) is 32.5 Å². The fourth-order valence-electron chi connectivity index (χ4n) is 2.24. The summed E-state index contributed by atoms with van der Waals surface area (Å²) in [6, 6.07) is 0. The van der Waals surface area contributed by atoms with E-state index in [2.05, 4.69) is 17.0 Å². The van der Waals surface area contributed by atoms with E-state index < -0.39 is 0 Å². The summed E-state index contributed by atoms with van der Waals surface area (Å²) in [5, 5.41) is 4.18. The van der Waals surface area contributed by atoms with Crippen molar-refractivity contribution in [1.29, 1.82) is 0 Å². The largest absolute Gasteiger partial charge is 0.396 e. The first kappa shape index (κ1) is 12.4. The Morgan fingerprint density at radius 1 is 1.53 bits per heavy atom. The van der Waals surface area contributed by atoms with Crippen molar-refractivity contribution in [3.05, 3.63) is 12.4 Å². The molecule has 0 spiro atoms. The molecule has 2 rings (SSSR count). The van der Waals surface area contributed by atoms with Gasteiger partial charge in [0.25, 0.3) is 0 Å². The lowest BCUT2D eigenvalue weighted by atomic mass is 10.00. The van der Waals surface area contributed by atoms with Gasteiger partial charge >= 0.3 is 0 Å². The molecule has 2 N–H and O–H groups in total. The highest BCUT2D eigenvalue weighted by molar-refractivity contribution is 5.30. The van der Waals surface area contributed by atoms with Crippen LogP contribution in [0, 0.1) is 5.92 Å². The van der Waals surface area contributed by atoms with Crippen LogP contribution in [0.15, 0.2) is 12.4 Å². The van der Waals surface area contributed by atoms with Crippen LogP contribution < -0.4 is 5.73 Å². The first-order chi connectivity index (χ1) is 8.24. The fourth-order valence-corrected chi connectivity index (χ4v) is 2.24. The molecule has 0 bridgehead atoms. The summed E-state index contributed by atoms with van der Waals surface area (Å²) in [7, 11) is 2.17. The maximum atomic E-state index is 5.62. The first-order valence-corrected chi connectivity index (χ1v) is 6.28. The van der Waals surface area contributed by atoms with E-state index in [4.69, 9.17) is 10.5 Å². The van der Waals surface area contributed by atoms with Crippen molar-refractivity contribution in [2.24, 2.45) is 5.92 Å². The minimum atomic E-state index is 0.733. The number of nitrogens with zero attached hydrogens (tertiary/aromatic N) is 3. The minimum Gasteiger partial charge on any atom is -0.396 e. The lowest BCUT2D eigenvalue weighted by Gasteiger charge is -2.27. The van der Waals surface area contributed by atoms with E-state index in [1.54, 1.807) is 6.20 Å². The molecule has 0 radical (unpaired) electrons. The second kappa shape index (κ2) is 6.02. The molecule has 1 saturated heterocycles. The average molecular weight is 238 g/mol. The van der Waals surface area contributed by atoms with Gasteiger partial charge in [0.1, 0.15) is 0 Å². The zero-order valence-corrected chi connectivity index (χ0v) is 10.5. The van der Waals surface area contributed by atoms with Gasteiger partial charge in [-0.25, -0.2) is 0 Å². The Hall–Kier alpha value is -1.07. The third kappa shape index (κ3) is 4.02. The fraction of sp³-hybridized carbons (Fsp3) is 0.750. The highest BCUT2D eigenvalue weighted by Crippen LogP contribution is 2.15. The minimum absolute atomic E-state index is 0.733. The van der Waals surface area contributed by atoms with Gasteiger partial charge in [0.15, 0.2) is 0 Å². The predicted octanol–water partition coefficient (Wildman–Crippen LogP) is 0.824. The summed E-state index contributed by atoms with van der Waals surface area (Å²) in [6.07, 6.45) is 5.96. The zero-order chi connectivity index (χ0) is 12.1. The van der Waals surface area contributed by atoms with Crippen molar-refractivity contribution in [1.82, 2.24) is 14.7 Å². The zero-order valence-electron chi connectivity index (χ0n) is 10.5. The van der Waals surface area contributed by atoms with E-state index in [0.29, 0.717) is 0 Å². The maximum absolute atomic E-state index is 5.62. The molecule has 1 fully saturated rings. The molecule has 0 aromatic carbocycles. The van der Waals surface area contributed by atoms with Crippen molar-refractivity contribution >= 4 is 5.69 Å². The van der Waals surface area contributed by atoms with Gasteiger partial charge in [-0.05, 0) is 25.8 Å². The second-order valence-corrected chi connectivity index (χ2v) is 4.85. The van der Waals surface area contributed by atoms with Crippen LogP contribution in [0.25, 0.3) is 0 Å². The van der Waals surface area contributed by atoms with Gasteiger partial charge in [-0.3, -0.25) is 4.68 Å². The standard InChI is InChI=1S/C12H22N4O/c1-15(9-11-2-6-17-7-3-11)4-5-16-10-12(13)8-14-16/h8,10-11H,2-7,9,13H2,1H3. The Bertz CT molecular complexity index is 333. The lowest BCUT2D eigenvalue weighted by molar-refractivity contribution is 0.0553. The Balaban J connectivity index is 1.68. The molecule has 5 nitrogen and oxygen atoms in total. The second-order valence-electron chi connectivity index (χ2n) is 4.85. The molecule has 0 aliphatic carbocycles. The summed E-state index contributed by atoms with van der Waals surface area (Å²) in [6.45, 7) is 4.91. The normalized spacial score (nSPS) is 17.8. The molecule has 96 valence electrons. The van der Waals surface area contributed by atoms with Crippen LogP contribution >= 0.6 is 0 Å². The molecule has 2 heterocycles. The van der Waals surface area contributed by atoms with Crippen LogP contribution in [0.5, 0.6) is 0 Å². The number of nitrogens with two attached hydrogens (primary N) is 1. The van der Waals surface area contributed by atoms with Crippen LogP contribution in [0.4, 0.5) is 5.69 Å². The summed E-state index contributed by atoms with van der Waals surface area (Å²) in [4.78, 5) is 2.37. The molecular weight excluding hydrogens is 216 g/mol. The molecule has 0 amide bonds. The predicted molar refractivity (Wildman–Crippen MR) is 67.7 cm³/mol. The highest BCUT2D eigenvalue weighted by atomic mass is 16.5. The third-order valence-electron chi connectivity index (χ3n) is 3.27. The first-order valence-electron chi connectivity index (χ1n) is 6.28. The Morgan fingerprint density at radius 3 is 2.94 bits per heavy atom. The van der Waals surface area contributed by atoms with E-state index >= 15 is 0 Å². The smallest absolute Gasteiger partial charge is 0.0719 e. The van der Waals surface area contributed by atoms with E-state index in [-0.39, 0.29) is 0 Å². The number of ether oxygens (including phenoxy) is 1. The van der Waals surface area contributed by atoms with Crippen LogP contribution in [-0.4, -0.2) is 48.0 Å². The van der Waals surface area contributed by atoms with Crippen molar-refractivity contribution in [2.75, 3.05) is 39.1 Å². The van der Waals surface area contributed by atoms with Gasteiger partial charge in [0.05, 0.1) is 18.4 Å². The van der Waals surface area contributed by atoms with Crippen molar-refractivity contribution in [3.63, 3.8) is 0 Å². The maximum Gasteiger partial charge on any atom is 0.0719 e. The van der Waals surface area contributed by atoms with Gasteiger partial charge in [-0.2, -0.15) is 5.10 Å². The molecule has 0 saturated carbocycles. The number of rotatable bonds is 5. The van der Waals surface area contributed by atoms with E-state index in [0.717, 1.165) is 44.5 Å². The molecule has 0 unspecified atom stereocenters. The Morgan fingerprint density at radius 2 is 2.29 bits per heavy atom. The summed E-state index contributed by atoms with van der Waals surface area (Å²) < 4.78 is 7.27.